The van der Waals surface area contributed by atoms with Crippen LogP contribution < -0.4 is 4.74 Å². The summed E-state index contributed by atoms with van der Waals surface area (Å²) >= 11 is 6.67. The predicted molar refractivity (Wildman–Crippen MR) is 78.1 cm³/mol. The SMILES string of the molecule is O=C(O)c1sc(Oc2cccc3ccccc23)nc1Cl. The number of benzene rings is 2. The van der Waals surface area contributed by atoms with Gasteiger partial charge in [0.05, 0.1) is 0 Å². The van der Waals surface area contributed by atoms with Gasteiger partial charge >= 0.3 is 5.97 Å². The summed E-state index contributed by atoms with van der Waals surface area (Å²) in [5.41, 5.74) is 0. The first kappa shape index (κ1) is 12.9. The number of hydrogen-bond donors (Lipinski definition) is 1. The van der Waals surface area contributed by atoms with Crippen molar-refractivity contribution < 1.29 is 14.6 Å². The molecule has 100 valence electrons. The molecule has 1 aromatic heterocycles. The van der Waals surface area contributed by atoms with Gasteiger partial charge in [-0.05, 0) is 11.5 Å². The molecule has 3 rings (SSSR count). The molecule has 20 heavy (non-hydrogen) atoms. The second-order valence-corrected chi connectivity index (χ2v) is 5.30. The Labute approximate surface area is 123 Å². The summed E-state index contributed by atoms with van der Waals surface area (Å²) in [6.07, 6.45) is 0. The van der Waals surface area contributed by atoms with Gasteiger partial charge in [-0.3, -0.25) is 0 Å². The normalized spacial score (nSPS) is 10.7. The third kappa shape index (κ3) is 2.33. The third-order valence-corrected chi connectivity index (χ3v) is 4.01. The number of aromatic carboxylic acids is 1. The molecule has 0 radical (unpaired) electrons. The minimum absolute atomic E-state index is 0.0260. The molecule has 0 unspecified atom stereocenters. The maximum atomic E-state index is 10.9. The molecule has 0 spiro atoms. The number of fused-ring (bicyclic) bond motifs is 1. The average molecular weight is 306 g/mol. The van der Waals surface area contributed by atoms with Crippen LogP contribution in [0, 0.1) is 0 Å². The van der Waals surface area contributed by atoms with E-state index in [-0.39, 0.29) is 15.2 Å². The molecule has 4 nitrogen and oxygen atoms in total. The fourth-order valence-corrected chi connectivity index (χ4v) is 2.82. The number of carbonyl (C=O) groups is 1. The maximum absolute atomic E-state index is 10.9. The third-order valence-electron chi connectivity index (χ3n) is 2.71. The van der Waals surface area contributed by atoms with Crippen LogP contribution in [0.3, 0.4) is 0 Å². The van der Waals surface area contributed by atoms with E-state index in [2.05, 4.69) is 4.98 Å². The van der Waals surface area contributed by atoms with Gasteiger partial charge in [-0.1, -0.05) is 59.3 Å². The lowest BCUT2D eigenvalue weighted by Crippen LogP contribution is -1.91. The van der Waals surface area contributed by atoms with Crippen LogP contribution in [0.2, 0.25) is 5.15 Å². The van der Waals surface area contributed by atoms with Crippen molar-refractivity contribution in [2.45, 2.75) is 0 Å². The van der Waals surface area contributed by atoms with Crippen molar-refractivity contribution in [2.24, 2.45) is 0 Å². The molecule has 0 amide bonds. The van der Waals surface area contributed by atoms with Crippen LogP contribution in [0.15, 0.2) is 42.5 Å². The Kier molecular flexibility index (Phi) is 3.30. The fourth-order valence-electron chi connectivity index (χ4n) is 1.84. The maximum Gasteiger partial charge on any atom is 0.349 e. The van der Waals surface area contributed by atoms with Crippen molar-refractivity contribution in [1.29, 1.82) is 0 Å². The predicted octanol–water partition coefficient (Wildman–Crippen LogP) is 4.44. The Morgan fingerprint density at radius 3 is 2.70 bits per heavy atom. The van der Waals surface area contributed by atoms with E-state index in [0.29, 0.717) is 5.75 Å². The minimum atomic E-state index is -1.11. The van der Waals surface area contributed by atoms with Crippen molar-refractivity contribution >= 4 is 39.7 Å². The lowest BCUT2D eigenvalue weighted by atomic mass is 10.1. The van der Waals surface area contributed by atoms with Gasteiger partial charge in [0.2, 0.25) is 0 Å². The van der Waals surface area contributed by atoms with E-state index in [1.807, 2.05) is 36.4 Å². The molecule has 0 saturated heterocycles. The molecule has 0 aliphatic heterocycles. The van der Waals surface area contributed by atoms with E-state index < -0.39 is 5.97 Å². The highest BCUT2D eigenvalue weighted by Gasteiger charge is 2.17. The first-order valence-electron chi connectivity index (χ1n) is 5.70. The molecule has 0 aliphatic rings. The molecule has 0 saturated carbocycles. The fraction of sp³-hybridized carbons (Fsp3) is 0. The molecule has 6 heteroatoms. The lowest BCUT2D eigenvalue weighted by Gasteiger charge is -2.05. The Morgan fingerprint density at radius 1 is 1.20 bits per heavy atom. The van der Waals surface area contributed by atoms with Crippen molar-refractivity contribution in [3.8, 4) is 10.9 Å². The van der Waals surface area contributed by atoms with Gasteiger partial charge in [-0.2, -0.15) is 4.98 Å². The number of rotatable bonds is 3. The molecule has 1 N–H and O–H groups in total. The molecular formula is C14H8ClNO3S. The van der Waals surface area contributed by atoms with Crippen LogP contribution in [0.5, 0.6) is 10.9 Å². The van der Waals surface area contributed by atoms with Gasteiger partial charge in [-0.15, -0.1) is 0 Å². The number of hydrogen-bond acceptors (Lipinski definition) is 4. The molecule has 0 fully saturated rings. The Hall–Kier alpha value is -2.11. The molecule has 0 bridgehead atoms. The summed E-state index contributed by atoms with van der Waals surface area (Å²) in [5.74, 6) is -0.495. The van der Waals surface area contributed by atoms with Gasteiger partial charge in [-0.25, -0.2) is 4.79 Å². The molecule has 1 heterocycles. The van der Waals surface area contributed by atoms with Gasteiger partial charge in [0.1, 0.15) is 5.75 Å². The van der Waals surface area contributed by atoms with Gasteiger partial charge in [0.15, 0.2) is 10.0 Å². The number of carboxylic acids is 1. The molecular weight excluding hydrogens is 298 g/mol. The number of thiazole rings is 1. The second kappa shape index (κ2) is 5.11. The Bertz CT molecular complexity index is 795. The Balaban J connectivity index is 2.01. The lowest BCUT2D eigenvalue weighted by molar-refractivity contribution is 0.0702. The topological polar surface area (TPSA) is 59.4 Å². The summed E-state index contributed by atoms with van der Waals surface area (Å²) < 4.78 is 5.66. The van der Waals surface area contributed by atoms with Crippen LogP contribution in [-0.4, -0.2) is 16.1 Å². The van der Waals surface area contributed by atoms with Crippen LogP contribution in [0.4, 0.5) is 0 Å². The van der Waals surface area contributed by atoms with E-state index in [1.54, 1.807) is 6.07 Å². The van der Waals surface area contributed by atoms with E-state index >= 15 is 0 Å². The van der Waals surface area contributed by atoms with Crippen LogP contribution in [0.1, 0.15) is 9.67 Å². The van der Waals surface area contributed by atoms with Crippen LogP contribution in [0.25, 0.3) is 10.8 Å². The molecule has 0 aliphatic carbocycles. The van der Waals surface area contributed by atoms with Gasteiger partial charge < -0.3 is 9.84 Å². The number of aromatic nitrogens is 1. The van der Waals surface area contributed by atoms with E-state index in [0.717, 1.165) is 22.1 Å². The van der Waals surface area contributed by atoms with Crippen LogP contribution in [-0.2, 0) is 0 Å². The molecule has 2 aromatic carbocycles. The highest BCUT2D eigenvalue weighted by molar-refractivity contribution is 7.15. The monoisotopic (exact) mass is 305 g/mol. The molecule has 3 aromatic rings. The van der Waals surface area contributed by atoms with Crippen molar-refractivity contribution in [3.05, 3.63) is 52.5 Å². The zero-order chi connectivity index (χ0) is 14.1. The highest BCUT2D eigenvalue weighted by Crippen LogP contribution is 2.34. The largest absolute Gasteiger partial charge is 0.477 e. The summed E-state index contributed by atoms with van der Waals surface area (Å²) in [7, 11) is 0. The van der Waals surface area contributed by atoms with Crippen molar-refractivity contribution in [2.75, 3.05) is 0 Å². The van der Waals surface area contributed by atoms with Gasteiger partial charge in [0.25, 0.3) is 5.19 Å². The smallest absolute Gasteiger partial charge is 0.349 e. The van der Waals surface area contributed by atoms with E-state index in [4.69, 9.17) is 21.4 Å². The first-order chi connectivity index (χ1) is 9.65. The number of nitrogens with zero attached hydrogens (tertiary/aromatic N) is 1. The zero-order valence-electron chi connectivity index (χ0n) is 10.0. The summed E-state index contributed by atoms with van der Waals surface area (Å²) in [4.78, 5) is 14.8. The van der Waals surface area contributed by atoms with E-state index in [1.165, 1.54) is 0 Å². The average Bonchev–Trinajstić information content (AvgIpc) is 2.80. The van der Waals surface area contributed by atoms with Crippen LogP contribution >= 0.6 is 22.9 Å². The number of ether oxygens (including phenoxy) is 1. The second-order valence-electron chi connectivity index (χ2n) is 3.98. The quantitative estimate of drug-likeness (QED) is 0.777. The summed E-state index contributed by atoms with van der Waals surface area (Å²) in [6, 6.07) is 13.4. The summed E-state index contributed by atoms with van der Waals surface area (Å²) in [6.45, 7) is 0. The summed E-state index contributed by atoms with van der Waals surface area (Å²) in [5, 5.41) is 11.1. The van der Waals surface area contributed by atoms with Crippen molar-refractivity contribution in [1.82, 2.24) is 4.98 Å². The number of halogens is 1. The molecule has 0 atom stereocenters. The zero-order valence-corrected chi connectivity index (χ0v) is 11.6. The van der Waals surface area contributed by atoms with E-state index in [9.17, 15) is 4.79 Å². The first-order valence-corrected chi connectivity index (χ1v) is 6.90. The minimum Gasteiger partial charge on any atom is -0.477 e. The van der Waals surface area contributed by atoms with Gasteiger partial charge in [0, 0.05) is 5.39 Å². The standard InChI is InChI=1S/C14H8ClNO3S/c15-12-11(13(17)18)20-14(16-12)19-10-7-3-5-8-4-1-2-6-9(8)10/h1-7H,(H,17,18). The number of carboxylic acid groups (broad SMARTS) is 1. The van der Waals surface area contributed by atoms with Crippen molar-refractivity contribution in [3.63, 3.8) is 0 Å². The Morgan fingerprint density at radius 2 is 1.95 bits per heavy atom. The highest BCUT2D eigenvalue weighted by atomic mass is 35.5.